The summed E-state index contributed by atoms with van der Waals surface area (Å²) < 4.78 is 1.32. The van der Waals surface area contributed by atoms with E-state index < -0.39 is 0 Å². The van der Waals surface area contributed by atoms with Crippen LogP contribution in [0, 0.1) is 5.92 Å². The number of benzene rings is 1. The van der Waals surface area contributed by atoms with Crippen LogP contribution in [0.1, 0.15) is 61.6 Å². The third-order valence-corrected chi connectivity index (χ3v) is 6.11. The second kappa shape index (κ2) is 6.80. The average molecular weight is 351 g/mol. The van der Waals surface area contributed by atoms with Crippen molar-refractivity contribution in [3.63, 3.8) is 0 Å². The summed E-state index contributed by atoms with van der Waals surface area (Å²) in [6.45, 7) is 1.94. The highest BCUT2D eigenvalue weighted by Gasteiger charge is 2.30. The zero-order valence-corrected chi connectivity index (χ0v) is 14.6. The molecule has 0 spiro atoms. The monoisotopic (exact) mass is 350 g/mol. The number of nitrogens with two attached hydrogens (primary N) is 1. The quantitative estimate of drug-likeness (QED) is 0.872. The molecule has 2 N–H and O–H groups in total. The highest BCUT2D eigenvalue weighted by molar-refractivity contribution is 9.10. The molecule has 116 valence electrons. The van der Waals surface area contributed by atoms with Gasteiger partial charge in [0.05, 0.1) is 0 Å². The maximum Gasteiger partial charge on any atom is 0.0349 e. The summed E-state index contributed by atoms with van der Waals surface area (Å²) in [5, 5.41) is 0. The highest BCUT2D eigenvalue weighted by Crippen LogP contribution is 2.40. The predicted molar refractivity (Wildman–Crippen MR) is 92.5 cm³/mol. The number of hydrogen-bond donors (Lipinski definition) is 1. The first kappa shape index (κ1) is 15.5. The smallest absolute Gasteiger partial charge is 0.0349 e. The summed E-state index contributed by atoms with van der Waals surface area (Å²) >= 11 is 3.84. The Morgan fingerprint density at radius 1 is 1.24 bits per heavy atom. The van der Waals surface area contributed by atoms with E-state index in [1.807, 2.05) is 0 Å². The molecule has 2 fully saturated rings. The number of rotatable bonds is 3. The first-order chi connectivity index (χ1) is 10.2. The van der Waals surface area contributed by atoms with Crippen LogP contribution in [0.4, 0.5) is 0 Å². The van der Waals surface area contributed by atoms with E-state index in [0.717, 1.165) is 19.0 Å². The first-order valence-corrected chi connectivity index (χ1v) is 9.18. The van der Waals surface area contributed by atoms with Crippen molar-refractivity contribution < 1.29 is 0 Å². The van der Waals surface area contributed by atoms with E-state index in [0.29, 0.717) is 12.0 Å². The highest BCUT2D eigenvalue weighted by atomic mass is 79.9. The van der Waals surface area contributed by atoms with Crippen molar-refractivity contribution in [3.05, 3.63) is 33.8 Å². The fourth-order valence-electron chi connectivity index (χ4n) is 4.16. The van der Waals surface area contributed by atoms with Gasteiger partial charge in [-0.05, 0) is 61.9 Å². The van der Waals surface area contributed by atoms with Crippen LogP contribution in [-0.2, 0) is 0 Å². The number of nitrogens with zero attached hydrogens (tertiary/aromatic N) is 1. The van der Waals surface area contributed by atoms with Crippen molar-refractivity contribution >= 4 is 15.9 Å². The summed E-state index contributed by atoms with van der Waals surface area (Å²) in [4.78, 5) is 2.46. The Balaban J connectivity index is 1.77. The molecule has 1 heterocycles. The lowest BCUT2D eigenvalue weighted by molar-refractivity contribution is 0.313. The standard InChI is InChI=1S/C18H27BrN2/c1-21-12-13(11-20)9-18(21)15-7-8-16(17(19)10-15)14-5-3-2-4-6-14/h7-8,10,13-14,18H,2-6,9,11-12,20H2,1H3. The van der Waals surface area contributed by atoms with Gasteiger partial charge in [0, 0.05) is 17.1 Å². The van der Waals surface area contributed by atoms with Crippen LogP contribution in [0.2, 0.25) is 0 Å². The lowest BCUT2D eigenvalue weighted by Gasteiger charge is -2.25. The molecule has 0 radical (unpaired) electrons. The minimum absolute atomic E-state index is 0.537. The van der Waals surface area contributed by atoms with Crippen LogP contribution < -0.4 is 5.73 Å². The maximum atomic E-state index is 5.85. The molecule has 1 aliphatic heterocycles. The lowest BCUT2D eigenvalue weighted by atomic mass is 9.83. The van der Waals surface area contributed by atoms with Gasteiger partial charge < -0.3 is 5.73 Å². The van der Waals surface area contributed by atoms with E-state index in [2.05, 4.69) is 46.1 Å². The Morgan fingerprint density at radius 3 is 2.62 bits per heavy atom. The van der Waals surface area contributed by atoms with Crippen LogP contribution in [-0.4, -0.2) is 25.0 Å². The second-order valence-corrected chi connectivity index (χ2v) is 7.76. The summed E-state index contributed by atoms with van der Waals surface area (Å²) in [7, 11) is 2.23. The molecule has 1 aromatic carbocycles. The van der Waals surface area contributed by atoms with Gasteiger partial charge in [0.2, 0.25) is 0 Å². The van der Waals surface area contributed by atoms with Crippen molar-refractivity contribution in [1.29, 1.82) is 0 Å². The fraction of sp³-hybridized carbons (Fsp3) is 0.667. The second-order valence-electron chi connectivity index (χ2n) is 6.91. The van der Waals surface area contributed by atoms with Gasteiger partial charge in [-0.2, -0.15) is 0 Å². The summed E-state index contributed by atoms with van der Waals surface area (Å²) in [5.74, 6) is 1.41. The van der Waals surface area contributed by atoms with Gasteiger partial charge in [0.15, 0.2) is 0 Å². The van der Waals surface area contributed by atoms with Crippen molar-refractivity contribution in [2.24, 2.45) is 11.7 Å². The Kier molecular flexibility index (Phi) is 5.03. The SMILES string of the molecule is CN1CC(CN)CC1c1ccc(C2CCCCC2)c(Br)c1. The van der Waals surface area contributed by atoms with Gasteiger partial charge in [-0.1, -0.05) is 47.3 Å². The van der Waals surface area contributed by atoms with Crippen LogP contribution >= 0.6 is 15.9 Å². The van der Waals surface area contributed by atoms with Gasteiger partial charge in [-0.3, -0.25) is 4.90 Å². The molecular formula is C18H27BrN2. The van der Waals surface area contributed by atoms with E-state index in [-0.39, 0.29) is 0 Å². The van der Waals surface area contributed by atoms with Gasteiger partial charge >= 0.3 is 0 Å². The van der Waals surface area contributed by atoms with Crippen LogP contribution in [0.15, 0.2) is 22.7 Å². The van der Waals surface area contributed by atoms with E-state index in [1.165, 1.54) is 54.1 Å². The third kappa shape index (κ3) is 3.35. The zero-order valence-electron chi connectivity index (χ0n) is 13.0. The van der Waals surface area contributed by atoms with E-state index >= 15 is 0 Å². The molecule has 0 aromatic heterocycles. The first-order valence-electron chi connectivity index (χ1n) is 8.38. The van der Waals surface area contributed by atoms with Gasteiger partial charge in [0.25, 0.3) is 0 Å². The van der Waals surface area contributed by atoms with E-state index in [9.17, 15) is 0 Å². The molecule has 1 saturated heterocycles. The number of halogens is 1. The number of hydrogen-bond acceptors (Lipinski definition) is 2. The van der Waals surface area contributed by atoms with Gasteiger partial charge in [-0.15, -0.1) is 0 Å². The summed E-state index contributed by atoms with van der Waals surface area (Å²) in [5.41, 5.74) is 8.82. The van der Waals surface area contributed by atoms with Gasteiger partial charge in [0.1, 0.15) is 0 Å². The molecule has 2 atom stereocenters. The molecule has 1 saturated carbocycles. The van der Waals surface area contributed by atoms with Crippen LogP contribution in [0.3, 0.4) is 0 Å². The van der Waals surface area contributed by atoms with E-state index in [4.69, 9.17) is 5.73 Å². The van der Waals surface area contributed by atoms with E-state index in [1.54, 1.807) is 0 Å². The molecule has 0 bridgehead atoms. The average Bonchev–Trinajstić information content (AvgIpc) is 2.89. The Hall–Kier alpha value is -0.380. The Morgan fingerprint density at radius 2 is 2.00 bits per heavy atom. The van der Waals surface area contributed by atoms with Crippen molar-refractivity contribution in [1.82, 2.24) is 4.90 Å². The van der Waals surface area contributed by atoms with Crippen molar-refractivity contribution in [2.75, 3.05) is 20.1 Å². The minimum Gasteiger partial charge on any atom is -0.330 e. The fourth-order valence-corrected chi connectivity index (χ4v) is 4.88. The number of likely N-dealkylation sites (tertiary alicyclic amines) is 1. The molecular weight excluding hydrogens is 324 g/mol. The zero-order chi connectivity index (χ0) is 14.8. The maximum absolute atomic E-state index is 5.85. The molecule has 2 aliphatic rings. The summed E-state index contributed by atoms with van der Waals surface area (Å²) in [6, 6.07) is 7.63. The lowest BCUT2D eigenvalue weighted by Crippen LogP contribution is -2.20. The normalized spacial score (nSPS) is 28.1. The predicted octanol–water partition coefficient (Wildman–Crippen LogP) is 4.45. The third-order valence-electron chi connectivity index (χ3n) is 5.42. The largest absolute Gasteiger partial charge is 0.330 e. The molecule has 3 rings (SSSR count). The van der Waals surface area contributed by atoms with Crippen LogP contribution in [0.25, 0.3) is 0 Å². The van der Waals surface area contributed by atoms with Crippen LogP contribution in [0.5, 0.6) is 0 Å². The molecule has 0 amide bonds. The minimum atomic E-state index is 0.537. The van der Waals surface area contributed by atoms with Crippen molar-refractivity contribution in [2.45, 2.75) is 50.5 Å². The molecule has 21 heavy (non-hydrogen) atoms. The molecule has 3 heteroatoms. The molecule has 1 aromatic rings. The Labute approximate surface area is 137 Å². The molecule has 1 aliphatic carbocycles. The topological polar surface area (TPSA) is 29.3 Å². The van der Waals surface area contributed by atoms with Crippen molar-refractivity contribution in [3.8, 4) is 0 Å². The molecule has 2 nitrogen and oxygen atoms in total. The summed E-state index contributed by atoms with van der Waals surface area (Å²) in [6.07, 6.45) is 8.11. The van der Waals surface area contributed by atoms with Gasteiger partial charge in [-0.25, -0.2) is 0 Å². The Bertz CT molecular complexity index is 482. The molecule has 2 unspecified atom stereocenters.